The van der Waals surface area contributed by atoms with Crippen molar-refractivity contribution < 1.29 is 4.79 Å². The number of benzene rings is 1. The number of anilines is 2. The molecule has 21 heavy (non-hydrogen) atoms. The van der Waals surface area contributed by atoms with E-state index in [1.807, 2.05) is 11.8 Å². The number of carbonyl (C=O) groups excluding carboxylic acids is 1. The highest BCUT2D eigenvalue weighted by molar-refractivity contribution is 7.15. The van der Waals surface area contributed by atoms with Gasteiger partial charge in [-0.2, -0.15) is 0 Å². The predicted molar refractivity (Wildman–Crippen MR) is 85.5 cm³/mol. The van der Waals surface area contributed by atoms with Crippen LogP contribution in [0.1, 0.15) is 23.3 Å². The number of fused-ring (bicyclic) bond motifs is 1. The fourth-order valence-electron chi connectivity index (χ4n) is 3.01. The summed E-state index contributed by atoms with van der Waals surface area (Å²) in [5.41, 5.74) is 10.2. The molecule has 2 aromatic rings. The fourth-order valence-corrected chi connectivity index (χ4v) is 3.72. The Labute approximate surface area is 127 Å². The third kappa shape index (κ3) is 2.12. The van der Waals surface area contributed by atoms with Crippen LogP contribution in [-0.2, 0) is 11.2 Å². The minimum Gasteiger partial charge on any atom is -0.375 e. The lowest BCUT2D eigenvalue weighted by Gasteiger charge is -2.17. The molecule has 0 spiro atoms. The van der Waals surface area contributed by atoms with Crippen LogP contribution in [0.2, 0.25) is 0 Å². The first-order valence-corrected chi connectivity index (χ1v) is 8.12. The quantitative estimate of drug-likeness (QED) is 0.927. The summed E-state index contributed by atoms with van der Waals surface area (Å²) in [6.45, 7) is 2.85. The summed E-state index contributed by atoms with van der Waals surface area (Å²) >= 11 is 1.52. The van der Waals surface area contributed by atoms with E-state index in [-0.39, 0.29) is 5.92 Å². The fraction of sp³-hybridized carbons (Fsp3) is 0.375. The minimum atomic E-state index is 0.274. The van der Waals surface area contributed by atoms with Gasteiger partial charge in [-0.1, -0.05) is 6.07 Å². The zero-order valence-corrected chi connectivity index (χ0v) is 12.7. The number of rotatable bonds is 2. The van der Waals surface area contributed by atoms with E-state index in [1.54, 1.807) is 0 Å². The Morgan fingerprint density at radius 3 is 2.90 bits per heavy atom. The van der Waals surface area contributed by atoms with Crippen molar-refractivity contribution in [2.75, 3.05) is 17.2 Å². The standard InChI is InChI=1S/C16H17N3OS/c1-9-14(18-16(17)21-9)12-4-5-13-11(8-12)6-7-19(13)15(20)10-2-3-10/h4-5,8,10H,2-3,6-7H2,1H3,(H2,17,18). The summed E-state index contributed by atoms with van der Waals surface area (Å²) in [6.07, 6.45) is 3.04. The second-order valence-corrected chi connectivity index (χ2v) is 7.05. The molecule has 1 aromatic heterocycles. The highest BCUT2D eigenvalue weighted by Gasteiger charge is 2.36. The Hall–Kier alpha value is -1.88. The molecular formula is C16H17N3OS. The number of amides is 1. The molecule has 2 N–H and O–H groups in total. The predicted octanol–water partition coefficient (Wildman–Crippen LogP) is 3.00. The second-order valence-electron chi connectivity index (χ2n) is 5.81. The van der Waals surface area contributed by atoms with Crippen LogP contribution in [0.25, 0.3) is 11.3 Å². The average Bonchev–Trinajstić information content (AvgIpc) is 3.14. The summed E-state index contributed by atoms with van der Waals surface area (Å²) < 4.78 is 0. The van der Waals surface area contributed by atoms with Crippen LogP contribution in [0.5, 0.6) is 0 Å². The molecule has 4 nitrogen and oxygen atoms in total. The Morgan fingerprint density at radius 2 is 2.24 bits per heavy atom. The number of hydrogen-bond donors (Lipinski definition) is 1. The molecule has 1 amide bonds. The van der Waals surface area contributed by atoms with Crippen molar-refractivity contribution >= 4 is 28.1 Å². The smallest absolute Gasteiger partial charge is 0.230 e. The molecule has 0 saturated heterocycles. The van der Waals surface area contributed by atoms with E-state index in [2.05, 4.69) is 23.2 Å². The summed E-state index contributed by atoms with van der Waals surface area (Å²) in [4.78, 5) is 19.8. The molecule has 4 rings (SSSR count). The van der Waals surface area contributed by atoms with E-state index in [9.17, 15) is 4.79 Å². The maximum Gasteiger partial charge on any atom is 0.230 e. The van der Waals surface area contributed by atoms with Crippen molar-refractivity contribution in [3.05, 3.63) is 28.6 Å². The molecule has 1 aromatic carbocycles. The van der Waals surface area contributed by atoms with Crippen molar-refractivity contribution in [3.63, 3.8) is 0 Å². The zero-order valence-electron chi connectivity index (χ0n) is 11.9. The molecule has 0 radical (unpaired) electrons. The monoisotopic (exact) mass is 299 g/mol. The Bertz CT molecular complexity index is 733. The summed E-state index contributed by atoms with van der Waals surface area (Å²) in [5, 5.41) is 0.605. The molecular weight excluding hydrogens is 282 g/mol. The van der Waals surface area contributed by atoms with Gasteiger partial charge in [0, 0.05) is 28.6 Å². The van der Waals surface area contributed by atoms with Crippen molar-refractivity contribution in [2.24, 2.45) is 5.92 Å². The largest absolute Gasteiger partial charge is 0.375 e. The van der Waals surface area contributed by atoms with Gasteiger partial charge >= 0.3 is 0 Å². The van der Waals surface area contributed by atoms with Gasteiger partial charge in [-0.3, -0.25) is 4.79 Å². The number of carbonyl (C=O) groups is 1. The number of aromatic nitrogens is 1. The zero-order chi connectivity index (χ0) is 14.6. The lowest BCUT2D eigenvalue weighted by molar-refractivity contribution is -0.119. The van der Waals surface area contributed by atoms with Crippen LogP contribution < -0.4 is 10.6 Å². The molecule has 0 atom stereocenters. The van der Waals surface area contributed by atoms with Gasteiger partial charge in [-0.15, -0.1) is 11.3 Å². The first-order chi connectivity index (χ1) is 10.1. The number of hydrogen-bond acceptors (Lipinski definition) is 4. The number of thiazole rings is 1. The highest BCUT2D eigenvalue weighted by Crippen LogP contribution is 2.38. The molecule has 1 aliphatic heterocycles. The molecule has 2 aliphatic rings. The van der Waals surface area contributed by atoms with Gasteiger partial charge in [0.05, 0.1) is 5.69 Å². The van der Waals surface area contributed by atoms with Crippen LogP contribution in [0, 0.1) is 12.8 Å². The van der Waals surface area contributed by atoms with Crippen molar-refractivity contribution in [2.45, 2.75) is 26.2 Å². The van der Waals surface area contributed by atoms with Crippen LogP contribution in [-0.4, -0.2) is 17.4 Å². The Morgan fingerprint density at radius 1 is 1.43 bits per heavy atom. The molecule has 0 bridgehead atoms. The van der Waals surface area contributed by atoms with Gasteiger partial charge in [0.25, 0.3) is 0 Å². The van der Waals surface area contributed by atoms with Gasteiger partial charge in [0.2, 0.25) is 5.91 Å². The lowest BCUT2D eigenvalue weighted by atomic mass is 10.1. The van der Waals surface area contributed by atoms with Crippen molar-refractivity contribution in [1.82, 2.24) is 4.98 Å². The molecule has 1 saturated carbocycles. The molecule has 2 heterocycles. The van der Waals surface area contributed by atoms with Crippen LogP contribution in [0.4, 0.5) is 10.8 Å². The summed E-state index contributed by atoms with van der Waals surface area (Å²) in [7, 11) is 0. The van der Waals surface area contributed by atoms with E-state index in [1.165, 1.54) is 16.9 Å². The first-order valence-electron chi connectivity index (χ1n) is 7.31. The van der Waals surface area contributed by atoms with E-state index in [0.717, 1.165) is 47.6 Å². The van der Waals surface area contributed by atoms with Crippen molar-refractivity contribution in [3.8, 4) is 11.3 Å². The molecule has 108 valence electrons. The molecule has 1 fully saturated rings. The third-order valence-corrected chi connectivity index (χ3v) is 5.05. The maximum atomic E-state index is 12.3. The normalized spacial score (nSPS) is 17.1. The van der Waals surface area contributed by atoms with Gasteiger partial charge < -0.3 is 10.6 Å². The molecule has 1 aliphatic carbocycles. The van der Waals surface area contributed by atoms with E-state index >= 15 is 0 Å². The SMILES string of the molecule is Cc1sc(N)nc1-c1ccc2c(c1)CCN2C(=O)C1CC1. The van der Waals surface area contributed by atoms with Gasteiger partial charge in [-0.25, -0.2) is 4.98 Å². The maximum absolute atomic E-state index is 12.3. The van der Waals surface area contributed by atoms with E-state index < -0.39 is 0 Å². The number of nitrogen functional groups attached to an aromatic ring is 1. The first kappa shape index (κ1) is 12.8. The van der Waals surface area contributed by atoms with E-state index in [0.29, 0.717) is 11.0 Å². The topological polar surface area (TPSA) is 59.2 Å². The van der Waals surface area contributed by atoms with E-state index in [4.69, 9.17) is 5.73 Å². The minimum absolute atomic E-state index is 0.274. The third-order valence-electron chi connectivity index (χ3n) is 4.25. The van der Waals surface area contributed by atoms with Crippen LogP contribution >= 0.6 is 11.3 Å². The highest BCUT2D eigenvalue weighted by atomic mass is 32.1. The Balaban J connectivity index is 1.69. The lowest BCUT2D eigenvalue weighted by Crippen LogP contribution is -2.30. The molecule has 0 unspecified atom stereocenters. The van der Waals surface area contributed by atoms with Gasteiger partial charge in [0.1, 0.15) is 0 Å². The second kappa shape index (κ2) is 4.56. The Kier molecular flexibility index (Phi) is 2.79. The van der Waals surface area contributed by atoms with Gasteiger partial charge in [-0.05, 0) is 43.9 Å². The number of aryl methyl sites for hydroxylation is 1. The van der Waals surface area contributed by atoms with Crippen LogP contribution in [0.3, 0.4) is 0 Å². The average molecular weight is 299 g/mol. The summed E-state index contributed by atoms with van der Waals surface area (Å²) in [5.74, 6) is 0.576. The van der Waals surface area contributed by atoms with Crippen molar-refractivity contribution in [1.29, 1.82) is 0 Å². The van der Waals surface area contributed by atoms with Crippen LogP contribution in [0.15, 0.2) is 18.2 Å². The van der Waals surface area contributed by atoms with Gasteiger partial charge in [0.15, 0.2) is 5.13 Å². The number of nitrogens with two attached hydrogens (primary N) is 1. The molecule has 5 heteroatoms. The summed E-state index contributed by atoms with van der Waals surface area (Å²) in [6, 6.07) is 6.28. The number of nitrogens with zero attached hydrogens (tertiary/aromatic N) is 2.